The Morgan fingerprint density at radius 1 is 1.35 bits per heavy atom. The van der Waals surface area contributed by atoms with Crippen molar-refractivity contribution >= 4 is 15.9 Å². The highest BCUT2D eigenvalue weighted by molar-refractivity contribution is 9.10. The number of unbranched alkanes of at least 4 members (excludes halogenated alkanes) is 2. The lowest BCUT2D eigenvalue weighted by molar-refractivity contribution is 0.301. The first-order chi connectivity index (χ1) is 8.19. The lowest BCUT2D eigenvalue weighted by Crippen LogP contribution is -2.14. The SMILES string of the molecule is CCCCCOc1ccc(Br)cc1C(C)NC. The van der Waals surface area contributed by atoms with Crippen molar-refractivity contribution in [2.45, 2.75) is 39.2 Å². The molecule has 0 aromatic heterocycles. The lowest BCUT2D eigenvalue weighted by atomic mass is 10.1. The van der Waals surface area contributed by atoms with Crippen LogP contribution in [0.4, 0.5) is 0 Å². The third-order valence-electron chi connectivity index (χ3n) is 2.88. The molecule has 0 saturated heterocycles. The molecular weight excluding hydrogens is 278 g/mol. The largest absolute Gasteiger partial charge is 0.493 e. The van der Waals surface area contributed by atoms with Gasteiger partial charge in [-0.25, -0.2) is 0 Å². The molecule has 0 aliphatic rings. The van der Waals surface area contributed by atoms with Gasteiger partial charge in [0.25, 0.3) is 0 Å². The first-order valence-corrected chi connectivity index (χ1v) is 7.07. The van der Waals surface area contributed by atoms with Gasteiger partial charge >= 0.3 is 0 Å². The van der Waals surface area contributed by atoms with Crippen molar-refractivity contribution in [1.29, 1.82) is 0 Å². The van der Waals surface area contributed by atoms with Crippen molar-refractivity contribution in [3.8, 4) is 5.75 Å². The molecule has 0 spiro atoms. The van der Waals surface area contributed by atoms with Crippen LogP contribution >= 0.6 is 15.9 Å². The van der Waals surface area contributed by atoms with Crippen molar-refractivity contribution in [1.82, 2.24) is 5.32 Å². The summed E-state index contributed by atoms with van der Waals surface area (Å²) < 4.78 is 6.95. The van der Waals surface area contributed by atoms with Gasteiger partial charge in [-0.05, 0) is 38.6 Å². The smallest absolute Gasteiger partial charge is 0.124 e. The summed E-state index contributed by atoms with van der Waals surface area (Å²) in [7, 11) is 1.96. The number of ether oxygens (including phenoxy) is 1. The Hall–Kier alpha value is -0.540. The second-order valence-electron chi connectivity index (χ2n) is 4.25. The summed E-state index contributed by atoms with van der Waals surface area (Å²) in [5.41, 5.74) is 1.21. The van der Waals surface area contributed by atoms with Crippen LogP contribution in [0.25, 0.3) is 0 Å². The number of hydrogen-bond acceptors (Lipinski definition) is 2. The van der Waals surface area contributed by atoms with Crippen LogP contribution in [0.3, 0.4) is 0 Å². The van der Waals surface area contributed by atoms with Crippen molar-refractivity contribution in [3.05, 3.63) is 28.2 Å². The molecule has 0 aliphatic carbocycles. The molecule has 1 atom stereocenters. The molecular formula is C14H22BrNO. The van der Waals surface area contributed by atoms with Crippen LogP contribution in [-0.2, 0) is 0 Å². The highest BCUT2D eigenvalue weighted by Crippen LogP contribution is 2.28. The predicted molar refractivity (Wildman–Crippen MR) is 76.6 cm³/mol. The van der Waals surface area contributed by atoms with Crippen LogP contribution in [0.5, 0.6) is 5.75 Å². The Balaban J connectivity index is 2.69. The second-order valence-corrected chi connectivity index (χ2v) is 5.16. The summed E-state index contributed by atoms with van der Waals surface area (Å²) in [6.45, 7) is 5.15. The van der Waals surface area contributed by atoms with E-state index in [1.807, 2.05) is 19.2 Å². The zero-order valence-corrected chi connectivity index (χ0v) is 12.5. The van der Waals surface area contributed by atoms with Crippen LogP contribution in [0, 0.1) is 0 Å². The van der Waals surface area contributed by atoms with E-state index < -0.39 is 0 Å². The van der Waals surface area contributed by atoms with Gasteiger partial charge in [-0.1, -0.05) is 35.7 Å². The van der Waals surface area contributed by atoms with E-state index in [4.69, 9.17) is 4.74 Å². The van der Waals surface area contributed by atoms with E-state index in [9.17, 15) is 0 Å². The van der Waals surface area contributed by atoms with E-state index >= 15 is 0 Å². The van der Waals surface area contributed by atoms with Gasteiger partial charge in [-0.2, -0.15) is 0 Å². The molecule has 1 unspecified atom stereocenters. The van der Waals surface area contributed by atoms with E-state index in [2.05, 4.69) is 41.2 Å². The third-order valence-corrected chi connectivity index (χ3v) is 3.37. The monoisotopic (exact) mass is 299 g/mol. The van der Waals surface area contributed by atoms with Gasteiger partial charge < -0.3 is 10.1 Å². The van der Waals surface area contributed by atoms with Crippen molar-refractivity contribution in [2.24, 2.45) is 0 Å². The number of hydrogen-bond donors (Lipinski definition) is 1. The van der Waals surface area contributed by atoms with E-state index in [1.54, 1.807) is 0 Å². The molecule has 3 heteroatoms. The topological polar surface area (TPSA) is 21.3 Å². The van der Waals surface area contributed by atoms with Crippen LogP contribution in [-0.4, -0.2) is 13.7 Å². The summed E-state index contributed by atoms with van der Waals surface area (Å²) in [5, 5.41) is 3.25. The first kappa shape index (κ1) is 14.5. The molecule has 0 bridgehead atoms. The van der Waals surface area contributed by atoms with Gasteiger partial charge in [0.15, 0.2) is 0 Å². The first-order valence-electron chi connectivity index (χ1n) is 6.28. The lowest BCUT2D eigenvalue weighted by Gasteiger charge is -2.17. The molecule has 17 heavy (non-hydrogen) atoms. The molecule has 1 N–H and O–H groups in total. The Bertz CT molecular complexity index is 341. The fourth-order valence-electron chi connectivity index (χ4n) is 1.68. The van der Waals surface area contributed by atoms with Gasteiger partial charge in [0.05, 0.1) is 6.61 Å². The Labute approximate surface area is 113 Å². The van der Waals surface area contributed by atoms with Gasteiger partial charge in [-0.3, -0.25) is 0 Å². The molecule has 0 heterocycles. The van der Waals surface area contributed by atoms with E-state index in [-0.39, 0.29) is 0 Å². The van der Waals surface area contributed by atoms with E-state index in [1.165, 1.54) is 18.4 Å². The molecule has 0 radical (unpaired) electrons. The molecule has 96 valence electrons. The van der Waals surface area contributed by atoms with Gasteiger partial charge in [-0.15, -0.1) is 0 Å². The minimum atomic E-state index is 0.300. The fourth-order valence-corrected chi connectivity index (χ4v) is 2.06. The third kappa shape index (κ3) is 4.68. The highest BCUT2D eigenvalue weighted by Gasteiger charge is 2.10. The molecule has 0 aliphatic heterocycles. The Morgan fingerprint density at radius 3 is 2.76 bits per heavy atom. The molecule has 1 rings (SSSR count). The normalized spacial score (nSPS) is 12.5. The average molecular weight is 300 g/mol. The average Bonchev–Trinajstić information content (AvgIpc) is 2.35. The molecule has 0 amide bonds. The number of halogens is 1. The summed E-state index contributed by atoms with van der Waals surface area (Å²) >= 11 is 3.50. The predicted octanol–water partition coefficient (Wildman–Crippen LogP) is 4.30. The van der Waals surface area contributed by atoms with E-state index in [0.717, 1.165) is 23.2 Å². The van der Waals surface area contributed by atoms with Gasteiger partial charge in [0.2, 0.25) is 0 Å². The summed E-state index contributed by atoms with van der Waals surface area (Å²) in [6, 6.07) is 6.49. The number of nitrogens with one attached hydrogen (secondary N) is 1. The summed E-state index contributed by atoms with van der Waals surface area (Å²) in [6.07, 6.45) is 3.58. The maximum absolute atomic E-state index is 5.86. The summed E-state index contributed by atoms with van der Waals surface area (Å²) in [5.74, 6) is 0.992. The Morgan fingerprint density at radius 2 is 2.12 bits per heavy atom. The summed E-state index contributed by atoms with van der Waals surface area (Å²) in [4.78, 5) is 0. The number of benzene rings is 1. The van der Waals surface area contributed by atoms with Crippen molar-refractivity contribution < 1.29 is 4.74 Å². The zero-order valence-electron chi connectivity index (χ0n) is 10.9. The van der Waals surface area contributed by atoms with E-state index in [0.29, 0.717) is 6.04 Å². The fraction of sp³-hybridized carbons (Fsp3) is 0.571. The van der Waals surface area contributed by atoms with Crippen LogP contribution in [0.2, 0.25) is 0 Å². The molecule has 2 nitrogen and oxygen atoms in total. The second kappa shape index (κ2) is 7.72. The standard InChI is InChI=1S/C14H22BrNO/c1-4-5-6-9-17-14-8-7-12(15)10-13(14)11(2)16-3/h7-8,10-11,16H,4-6,9H2,1-3H3. The van der Waals surface area contributed by atoms with Crippen LogP contribution in [0.15, 0.2) is 22.7 Å². The van der Waals surface area contributed by atoms with Crippen LogP contribution < -0.4 is 10.1 Å². The highest BCUT2D eigenvalue weighted by atomic mass is 79.9. The zero-order chi connectivity index (χ0) is 12.7. The van der Waals surface area contributed by atoms with Crippen molar-refractivity contribution in [2.75, 3.05) is 13.7 Å². The minimum Gasteiger partial charge on any atom is -0.493 e. The quantitative estimate of drug-likeness (QED) is 0.758. The molecule has 1 aromatic carbocycles. The minimum absolute atomic E-state index is 0.300. The number of rotatable bonds is 7. The van der Waals surface area contributed by atoms with Crippen molar-refractivity contribution in [3.63, 3.8) is 0 Å². The Kier molecular flexibility index (Phi) is 6.60. The molecule has 0 saturated carbocycles. The maximum atomic E-state index is 5.86. The van der Waals surface area contributed by atoms with Gasteiger partial charge in [0.1, 0.15) is 5.75 Å². The van der Waals surface area contributed by atoms with Gasteiger partial charge in [0, 0.05) is 16.1 Å². The molecule has 0 fully saturated rings. The molecule has 1 aromatic rings. The maximum Gasteiger partial charge on any atom is 0.124 e. The van der Waals surface area contributed by atoms with Crippen LogP contribution in [0.1, 0.15) is 44.7 Å².